The zero-order valence-corrected chi connectivity index (χ0v) is 10.2. The van der Waals surface area contributed by atoms with E-state index >= 15 is 0 Å². The first-order valence-corrected chi connectivity index (χ1v) is 5.77. The molecular weight excluding hydrogens is 240 g/mol. The SMILES string of the molecule is CCc1nc(Cl)cc(NCCc2ncn[nH]2)n1. The summed E-state index contributed by atoms with van der Waals surface area (Å²) in [6.07, 6.45) is 3.01. The van der Waals surface area contributed by atoms with Gasteiger partial charge in [0.1, 0.15) is 28.9 Å². The highest BCUT2D eigenvalue weighted by molar-refractivity contribution is 6.29. The highest BCUT2D eigenvalue weighted by Gasteiger charge is 2.02. The van der Waals surface area contributed by atoms with E-state index < -0.39 is 0 Å². The molecule has 6 nitrogen and oxygen atoms in total. The number of H-pyrrole nitrogens is 1. The van der Waals surface area contributed by atoms with Crippen molar-refractivity contribution in [2.24, 2.45) is 0 Å². The van der Waals surface area contributed by atoms with E-state index in [2.05, 4.69) is 30.5 Å². The molecule has 0 unspecified atom stereocenters. The second-order valence-corrected chi connectivity index (χ2v) is 3.84. The molecule has 0 spiro atoms. The lowest BCUT2D eigenvalue weighted by molar-refractivity contribution is 0.885. The number of anilines is 1. The second kappa shape index (κ2) is 5.58. The topological polar surface area (TPSA) is 79.4 Å². The van der Waals surface area contributed by atoms with Crippen molar-refractivity contribution in [3.05, 3.63) is 29.2 Å². The molecule has 0 saturated carbocycles. The average molecular weight is 253 g/mol. The van der Waals surface area contributed by atoms with Crippen LogP contribution >= 0.6 is 11.6 Å². The van der Waals surface area contributed by atoms with Crippen molar-refractivity contribution in [1.29, 1.82) is 0 Å². The maximum atomic E-state index is 5.89. The predicted molar refractivity (Wildman–Crippen MR) is 65.0 cm³/mol. The summed E-state index contributed by atoms with van der Waals surface area (Å²) in [5.41, 5.74) is 0. The minimum absolute atomic E-state index is 0.457. The van der Waals surface area contributed by atoms with Crippen molar-refractivity contribution in [3.8, 4) is 0 Å². The van der Waals surface area contributed by atoms with Crippen LogP contribution in [-0.4, -0.2) is 31.7 Å². The van der Waals surface area contributed by atoms with Crippen LogP contribution in [0.2, 0.25) is 5.15 Å². The van der Waals surface area contributed by atoms with Crippen molar-refractivity contribution >= 4 is 17.4 Å². The molecule has 17 heavy (non-hydrogen) atoms. The first-order valence-electron chi connectivity index (χ1n) is 5.39. The number of halogens is 1. The Kier molecular flexibility index (Phi) is 3.87. The van der Waals surface area contributed by atoms with Crippen molar-refractivity contribution < 1.29 is 0 Å². The molecule has 0 bridgehead atoms. The van der Waals surface area contributed by atoms with Crippen LogP contribution in [0, 0.1) is 0 Å². The van der Waals surface area contributed by atoms with E-state index in [0.717, 1.165) is 30.3 Å². The third-order valence-electron chi connectivity index (χ3n) is 2.19. The van der Waals surface area contributed by atoms with Gasteiger partial charge in [-0.25, -0.2) is 15.0 Å². The van der Waals surface area contributed by atoms with Crippen molar-refractivity contribution in [2.75, 3.05) is 11.9 Å². The number of rotatable bonds is 5. The van der Waals surface area contributed by atoms with Crippen LogP contribution < -0.4 is 5.32 Å². The molecule has 0 atom stereocenters. The quantitative estimate of drug-likeness (QED) is 0.788. The normalized spacial score (nSPS) is 10.5. The van der Waals surface area contributed by atoms with E-state index in [1.807, 2.05) is 6.92 Å². The largest absolute Gasteiger partial charge is 0.369 e. The molecule has 2 aromatic heterocycles. The first-order chi connectivity index (χ1) is 8.28. The molecule has 0 fully saturated rings. The smallest absolute Gasteiger partial charge is 0.137 e. The second-order valence-electron chi connectivity index (χ2n) is 3.45. The van der Waals surface area contributed by atoms with E-state index in [-0.39, 0.29) is 0 Å². The lowest BCUT2D eigenvalue weighted by Crippen LogP contribution is -2.08. The van der Waals surface area contributed by atoms with Gasteiger partial charge in [0.05, 0.1) is 0 Å². The van der Waals surface area contributed by atoms with Gasteiger partial charge in [0.25, 0.3) is 0 Å². The van der Waals surface area contributed by atoms with E-state index in [1.165, 1.54) is 6.33 Å². The molecule has 2 N–H and O–H groups in total. The van der Waals surface area contributed by atoms with Crippen LogP contribution in [-0.2, 0) is 12.8 Å². The maximum absolute atomic E-state index is 5.89. The van der Waals surface area contributed by atoms with Gasteiger partial charge in [-0.15, -0.1) is 0 Å². The van der Waals surface area contributed by atoms with Crippen LogP contribution in [0.4, 0.5) is 5.82 Å². The Balaban J connectivity index is 1.92. The molecule has 90 valence electrons. The molecule has 0 aromatic carbocycles. The Labute approximate surface area is 104 Å². The lowest BCUT2D eigenvalue weighted by Gasteiger charge is -2.06. The summed E-state index contributed by atoms with van der Waals surface area (Å²) in [7, 11) is 0. The van der Waals surface area contributed by atoms with Crippen molar-refractivity contribution in [3.63, 3.8) is 0 Å². The van der Waals surface area contributed by atoms with Crippen LogP contribution in [0.3, 0.4) is 0 Å². The van der Waals surface area contributed by atoms with Gasteiger partial charge in [0.2, 0.25) is 0 Å². The summed E-state index contributed by atoms with van der Waals surface area (Å²) < 4.78 is 0. The van der Waals surface area contributed by atoms with Gasteiger partial charge in [-0.2, -0.15) is 5.10 Å². The fourth-order valence-corrected chi connectivity index (χ4v) is 1.57. The lowest BCUT2D eigenvalue weighted by atomic mass is 10.4. The molecule has 7 heteroatoms. The Morgan fingerprint density at radius 1 is 1.41 bits per heavy atom. The zero-order chi connectivity index (χ0) is 12.1. The Morgan fingerprint density at radius 2 is 2.29 bits per heavy atom. The number of hydrogen-bond acceptors (Lipinski definition) is 5. The first kappa shape index (κ1) is 11.8. The third-order valence-corrected chi connectivity index (χ3v) is 2.38. The number of hydrogen-bond donors (Lipinski definition) is 2. The van der Waals surface area contributed by atoms with Gasteiger partial charge >= 0.3 is 0 Å². The van der Waals surface area contributed by atoms with Crippen molar-refractivity contribution in [2.45, 2.75) is 19.8 Å². The standard InChI is InChI=1S/C10H13ClN6/c1-2-8-15-7(11)5-10(16-8)12-4-3-9-13-6-14-17-9/h5-6H,2-4H2,1H3,(H,12,15,16)(H,13,14,17). The van der Waals surface area contributed by atoms with E-state index in [1.54, 1.807) is 6.07 Å². The molecule has 0 aliphatic carbocycles. The zero-order valence-electron chi connectivity index (χ0n) is 9.44. The van der Waals surface area contributed by atoms with Crippen molar-refractivity contribution in [1.82, 2.24) is 25.1 Å². The monoisotopic (exact) mass is 252 g/mol. The van der Waals surface area contributed by atoms with Crippen LogP contribution in [0.5, 0.6) is 0 Å². The summed E-state index contributed by atoms with van der Waals surface area (Å²) in [6, 6.07) is 1.71. The maximum Gasteiger partial charge on any atom is 0.137 e. The molecule has 0 saturated heterocycles. The van der Waals surface area contributed by atoms with Gasteiger partial charge in [0.15, 0.2) is 0 Å². The predicted octanol–water partition coefficient (Wildman–Crippen LogP) is 1.47. The summed E-state index contributed by atoms with van der Waals surface area (Å²) in [4.78, 5) is 12.4. The van der Waals surface area contributed by atoms with Gasteiger partial charge in [-0.3, -0.25) is 5.10 Å². The Hall–Kier alpha value is -1.69. The number of nitrogens with one attached hydrogen (secondary N) is 2. The molecular formula is C10H13ClN6. The van der Waals surface area contributed by atoms with E-state index in [0.29, 0.717) is 11.7 Å². The van der Waals surface area contributed by atoms with Gasteiger partial charge in [0, 0.05) is 25.5 Å². The van der Waals surface area contributed by atoms with Crippen LogP contribution in [0.1, 0.15) is 18.6 Å². The minimum Gasteiger partial charge on any atom is -0.369 e. The van der Waals surface area contributed by atoms with Gasteiger partial charge < -0.3 is 5.32 Å². The molecule has 0 aliphatic heterocycles. The van der Waals surface area contributed by atoms with E-state index in [4.69, 9.17) is 11.6 Å². The van der Waals surface area contributed by atoms with Gasteiger partial charge in [-0.1, -0.05) is 18.5 Å². The molecule has 0 radical (unpaired) electrons. The van der Waals surface area contributed by atoms with Gasteiger partial charge in [-0.05, 0) is 0 Å². The molecule has 2 rings (SSSR count). The molecule has 0 amide bonds. The highest BCUT2D eigenvalue weighted by atomic mass is 35.5. The fraction of sp³-hybridized carbons (Fsp3) is 0.400. The molecule has 2 heterocycles. The summed E-state index contributed by atoms with van der Waals surface area (Å²) in [5.74, 6) is 2.31. The minimum atomic E-state index is 0.457. The van der Waals surface area contributed by atoms with Crippen LogP contribution in [0.15, 0.2) is 12.4 Å². The number of aromatic nitrogens is 5. The highest BCUT2D eigenvalue weighted by Crippen LogP contribution is 2.11. The summed E-state index contributed by atoms with van der Waals surface area (Å²) in [5, 5.41) is 10.2. The Morgan fingerprint density at radius 3 is 3.00 bits per heavy atom. The van der Waals surface area contributed by atoms with E-state index in [9.17, 15) is 0 Å². The third kappa shape index (κ3) is 3.39. The fourth-order valence-electron chi connectivity index (χ4n) is 1.37. The average Bonchev–Trinajstić information content (AvgIpc) is 2.81. The van der Waals surface area contributed by atoms with Crippen LogP contribution in [0.25, 0.3) is 0 Å². The number of aromatic amines is 1. The Bertz CT molecular complexity index is 470. The molecule has 0 aliphatic rings. The number of nitrogens with zero attached hydrogens (tertiary/aromatic N) is 4. The number of aryl methyl sites for hydroxylation is 1. The summed E-state index contributed by atoms with van der Waals surface area (Å²) >= 11 is 5.89. The molecule has 2 aromatic rings. The summed E-state index contributed by atoms with van der Waals surface area (Å²) in [6.45, 7) is 2.70.